The molecule has 0 bridgehead atoms. The molecular formula is C14H22FN3O2S. The molecule has 7 heteroatoms. The minimum absolute atomic E-state index is 0.185. The van der Waals surface area contributed by atoms with Crippen LogP contribution in [0.15, 0.2) is 23.1 Å². The van der Waals surface area contributed by atoms with E-state index < -0.39 is 15.8 Å². The Morgan fingerprint density at radius 3 is 2.33 bits per heavy atom. The maximum atomic E-state index is 14.0. The van der Waals surface area contributed by atoms with Gasteiger partial charge in [0.2, 0.25) is 10.0 Å². The van der Waals surface area contributed by atoms with Crippen LogP contribution in [0.1, 0.15) is 19.4 Å². The third-order valence-corrected chi connectivity index (χ3v) is 5.79. The van der Waals surface area contributed by atoms with Crippen LogP contribution in [0, 0.1) is 5.82 Å². The number of piperazine rings is 1. The number of rotatable bonds is 4. The largest absolute Gasteiger partial charge is 0.326 e. The van der Waals surface area contributed by atoms with Gasteiger partial charge in [0, 0.05) is 38.8 Å². The van der Waals surface area contributed by atoms with Gasteiger partial charge < -0.3 is 5.73 Å². The van der Waals surface area contributed by atoms with Gasteiger partial charge in [-0.1, -0.05) is 6.07 Å². The molecule has 0 atom stereocenters. The molecule has 0 saturated carbocycles. The van der Waals surface area contributed by atoms with Crippen molar-refractivity contribution in [1.82, 2.24) is 9.21 Å². The first-order chi connectivity index (χ1) is 9.86. The van der Waals surface area contributed by atoms with Crippen LogP contribution >= 0.6 is 0 Å². The summed E-state index contributed by atoms with van der Waals surface area (Å²) in [4.78, 5) is 1.94. The minimum atomic E-state index is -3.78. The van der Waals surface area contributed by atoms with E-state index >= 15 is 0 Å². The van der Waals surface area contributed by atoms with E-state index in [9.17, 15) is 12.8 Å². The normalized spacial score (nSPS) is 18.3. The first kappa shape index (κ1) is 16.4. The first-order valence-corrected chi connectivity index (χ1v) is 8.53. The highest BCUT2D eigenvalue weighted by Gasteiger charge is 2.31. The van der Waals surface area contributed by atoms with Gasteiger partial charge in [-0.15, -0.1) is 0 Å². The van der Waals surface area contributed by atoms with Crippen LogP contribution in [0.4, 0.5) is 4.39 Å². The van der Waals surface area contributed by atoms with E-state index in [0.717, 1.165) is 0 Å². The minimum Gasteiger partial charge on any atom is -0.326 e. The topological polar surface area (TPSA) is 66.6 Å². The number of nitrogens with zero attached hydrogens (tertiary/aromatic N) is 2. The first-order valence-electron chi connectivity index (χ1n) is 7.09. The van der Waals surface area contributed by atoms with Crippen LogP contribution < -0.4 is 5.73 Å². The molecule has 2 N–H and O–H groups in total. The molecule has 1 aromatic carbocycles. The van der Waals surface area contributed by atoms with Crippen molar-refractivity contribution >= 4 is 10.0 Å². The van der Waals surface area contributed by atoms with E-state index in [-0.39, 0.29) is 11.4 Å². The fourth-order valence-corrected chi connectivity index (χ4v) is 3.95. The van der Waals surface area contributed by atoms with Gasteiger partial charge in [-0.25, -0.2) is 12.8 Å². The van der Waals surface area contributed by atoms with Crippen LogP contribution in [0.3, 0.4) is 0 Å². The van der Waals surface area contributed by atoms with Gasteiger partial charge in [-0.3, -0.25) is 4.90 Å². The van der Waals surface area contributed by atoms with Crippen molar-refractivity contribution in [2.75, 3.05) is 26.2 Å². The van der Waals surface area contributed by atoms with Gasteiger partial charge in [0.15, 0.2) is 0 Å². The summed E-state index contributed by atoms with van der Waals surface area (Å²) in [6, 6.07) is 4.44. The van der Waals surface area contributed by atoms with Crippen molar-refractivity contribution in [3.63, 3.8) is 0 Å². The monoisotopic (exact) mass is 315 g/mol. The third kappa shape index (κ3) is 3.42. The molecule has 0 aliphatic carbocycles. The average Bonchev–Trinajstić information content (AvgIpc) is 2.46. The molecule has 0 unspecified atom stereocenters. The van der Waals surface area contributed by atoms with Crippen LogP contribution in [0.25, 0.3) is 0 Å². The van der Waals surface area contributed by atoms with E-state index in [2.05, 4.69) is 18.7 Å². The second-order valence-electron chi connectivity index (χ2n) is 5.50. The van der Waals surface area contributed by atoms with Crippen LogP contribution in [-0.2, 0) is 16.6 Å². The Hall–Kier alpha value is -1.02. The van der Waals surface area contributed by atoms with Gasteiger partial charge in [0.25, 0.3) is 0 Å². The summed E-state index contributed by atoms with van der Waals surface area (Å²) in [6.07, 6.45) is 0. The second kappa shape index (κ2) is 6.39. The zero-order valence-corrected chi connectivity index (χ0v) is 13.2. The molecule has 1 aliphatic heterocycles. The zero-order valence-electron chi connectivity index (χ0n) is 12.4. The molecule has 1 fully saturated rings. The number of hydrogen-bond acceptors (Lipinski definition) is 4. The lowest BCUT2D eigenvalue weighted by Crippen LogP contribution is -2.50. The number of hydrogen-bond donors (Lipinski definition) is 1. The Morgan fingerprint density at radius 1 is 1.24 bits per heavy atom. The van der Waals surface area contributed by atoms with Crippen LogP contribution in [0.2, 0.25) is 0 Å². The summed E-state index contributed by atoms with van der Waals surface area (Å²) in [6.45, 7) is 6.45. The average molecular weight is 315 g/mol. The van der Waals surface area contributed by atoms with Crippen molar-refractivity contribution in [3.05, 3.63) is 29.6 Å². The Labute approximate surface area is 125 Å². The van der Waals surface area contributed by atoms with Crippen LogP contribution in [0.5, 0.6) is 0 Å². The fraction of sp³-hybridized carbons (Fsp3) is 0.571. The molecule has 1 heterocycles. The highest BCUT2D eigenvalue weighted by molar-refractivity contribution is 7.89. The Morgan fingerprint density at radius 2 is 1.86 bits per heavy atom. The van der Waals surface area contributed by atoms with E-state index in [4.69, 9.17) is 5.73 Å². The Bertz CT molecular complexity index is 596. The summed E-state index contributed by atoms with van der Waals surface area (Å²) in [5.74, 6) is -0.732. The van der Waals surface area contributed by atoms with E-state index in [0.29, 0.717) is 37.8 Å². The van der Waals surface area contributed by atoms with E-state index in [1.165, 1.54) is 16.4 Å². The summed E-state index contributed by atoms with van der Waals surface area (Å²) in [5, 5.41) is 0. The smallest absolute Gasteiger partial charge is 0.246 e. The highest BCUT2D eigenvalue weighted by Crippen LogP contribution is 2.22. The zero-order chi connectivity index (χ0) is 15.6. The van der Waals surface area contributed by atoms with E-state index in [1.54, 1.807) is 6.07 Å². The molecule has 5 nitrogen and oxygen atoms in total. The Kier molecular flexibility index (Phi) is 4.98. The summed E-state index contributed by atoms with van der Waals surface area (Å²) >= 11 is 0. The molecule has 1 aromatic rings. The molecule has 2 rings (SSSR count). The lowest BCUT2D eigenvalue weighted by molar-refractivity contribution is 0.154. The highest BCUT2D eigenvalue weighted by atomic mass is 32.2. The van der Waals surface area contributed by atoms with Gasteiger partial charge in [0.05, 0.1) is 0 Å². The van der Waals surface area contributed by atoms with Crippen molar-refractivity contribution < 1.29 is 12.8 Å². The van der Waals surface area contributed by atoms with E-state index in [1.807, 2.05) is 0 Å². The molecule has 0 spiro atoms. The number of halogens is 1. The fourth-order valence-electron chi connectivity index (χ4n) is 2.48. The number of sulfonamides is 1. The lowest BCUT2D eigenvalue weighted by Gasteiger charge is -2.36. The van der Waals surface area contributed by atoms with Crippen molar-refractivity contribution in [1.29, 1.82) is 0 Å². The van der Waals surface area contributed by atoms with Gasteiger partial charge >= 0.3 is 0 Å². The molecule has 118 valence electrons. The molecule has 0 radical (unpaired) electrons. The van der Waals surface area contributed by atoms with Crippen molar-refractivity contribution in [2.45, 2.75) is 31.3 Å². The quantitative estimate of drug-likeness (QED) is 0.900. The molecule has 0 amide bonds. The van der Waals surface area contributed by atoms with Crippen molar-refractivity contribution in [3.8, 4) is 0 Å². The SMILES string of the molecule is CC(C)N1CCN(S(=O)(=O)c2ccc(CN)cc2F)CC1. The van der Waals surface area contributed by atoms with Gasteiger partial charge in [0.1, 0.15) is 10.7 Å². The number of benzene rings is 1. The molecular weight excluding hydrogens is 293 g/mol. The molecule has 0 aromatic heterocycles. The van der Waals surface area contributed by atoms with Gasteiger partial charge in [-0.05, 0) is 31.5 Å². The Balaban J connectivity index is 2.19. The molecule has 21 heavy (non-hydrogen) atoms. The predicted molar refractivity (Wildman–Crippen MR) is 79.8 cm³/mol. The summed E-state index contributed by atoms with van der Waals surface area (Å²) in [5.41, 5.74) is 6.01. The summed E-state index contributed by atoms with van der Waals surface area (Å²) < 4.78 is 40.4. The lowest BCUT2D eigenvalue weighted by atomic mass is 10.2. The number of nitrogens with two attached hydrogens (primary N) is 1. The molecule has 1 aliphatic rings. The van der Waals surface area contributed by atoms with Gasteiger partial charge in [-0.2, -0.15) is 4.31 Å². The summed E-state index contributed by atoms with van der Waals surface area (Å²) in [7, 11) is -3.78. The maximum absolute atomic E-state index is 14.0. The maximum Gasteiger partial charge on any atom is 0.246 e. The predicted octanol–water partition coefficient (Wildman–Crippen LogP) is 0.999. The standard InChI is InChI=1S/C14H22FN3O2S/c1-11(2)17-5-7-18(8-6-17)21(19,20)14-4-3-12(10-16)9-13(14)15/h3-4,9,11H,5-8,10,16H2,1-2H3. The molecule has 1 saturated heterocycles. The van der Waals surface area contributed by atoms with Crippen molar-refractivity contribution in [2.24, 2.45) is 5.73 Å². The third-order valence-electron chi connectivity index (χ3n) is 3.85. The van der Waals surface area contributed by atoms with Crippen LogP contribution in [-0.4, -0.2) is 49.8 Å². The second-order valence-corrected chi connectivity index (χ2v) is 7.41.